The Hall–Kier alpha value is -3.02. The largest absolute Gasteiger partial charge is 0.508 e. The summed E-state index contributed by atoms with van der Waals surface area (Å²) in [4.78, 5) is 26.2. The van der Waals surface area contributed by atoms with Gasteiger partial charge in [0.15, 0.2) is 5.78 Å². The molecule has 0 saturated carbocycles. The van der Waals surface area contributed by atoms with Gasteiger partial charge in [-0.25, -0.2) is 0 Å². The molecule has 1 aliphatic carbocycles. The third kappa shape index (κ3) is 3.34. The van der Waals surface area contributed by atoms with E-state index in [4.69, 9.17) is 9.47 Å². The highest BCUT2D eigenvalue weighted by Gasteiger charge is 2.45. The zero-order valence-electron chi connectivity index (χ0n) is 16.2. The second-order valence-electron chi connectivity index (χ2n) is 7.55. The summed E-state index contributed by atoms with van der Waals surface area (Å²) in [6.07, 6.45) is -7.80. The van der Waals surface area contributed by atoms with E-state index in [-0.39, 0.29) is 33.8 Å². The van der Waals surface area contributed by atoms with Crippen LogP contribution in [0.3, 0.4) is 0 Å². The maximum atomic E-state index is 13.2. The number of hydrogen-bond donors (Lipinski definition) is 6. The normalized spacial score (nSPS) is 27.6. The van der Waals surface area contributed by atoms with Crippen molar-refractivity contribution in [1.82, 2.24) is 0 Å². The maximum absolute atomic E-state index is 13.2. The molecule has 1 fully saturated rings. The molecule has 2 aliphatic rings. The first-order chi connectivity index (χ1) is 14.6. The van der Waals surface area contributed by atoms with Gasteiger partial charge in [0, 0.05) is 17.2 Å². The SMILES string of the molecule is Cc1cc(OC2OC(CO)C(O)C(O)C2O)c2c(c1)C(=O)c1cc(O)cc(O)c1C2=O. The molecule has 0 aromatic heterocycles. The van der Waals surface area contributed by atoms with Gasteiger partial charge in [-0.15, -0.1) is 0 Å². The molecule has 5 unspecified atom stereocenters. The van der Waals surface area contributed by atoms with E-state index in [0.717, 1.165) is 12.1 Å². The lowest BCUT2D eigenvalue weighted by Gasteiger charge is -2.39. The molecule has 1 saturated heterocycles. The van der Waals surface area contributed by atoms with Crippen LogP contribution in [0.2, 0.25) is 0 Å². The van der Waals surface area contributed by atoms with Crippen LogP contribution < -0.4 is 4.74 Å². The molecular formula is C21H20O10. The summed E-state index contributed by atoms with van der Waals surface area (Å²) in [7, 11) is 0. The van der Waals surface area contributed by atoms with Gasteiger partial charge in [-0.05, 0) is 30.7 Å². The van der Waals surface area contributed by atoms with Crippen LogP contribution in [0, 0.1) is 6.92 Å². The Kier molecular flexibility index (Phi) is 5.20. The number of aryl methyl sites for hydroxylation is 1. The van der Waals surface area contributed by atoms with E-state index in [0.29, 0.717) is 5.56 Å². The van der Waals surface area contributed by atoms with Crippen molar-refractivity contribution in [3.05, 3.63) is 52.1 Å². The van der Waals surface area contributed by atoms with Crippen molar-refractivity contribution >= 4 is 11.6 Å². The molecule has 0 spiro atoms. The number of aromatic hydroxyl groups is 2. The Bertz CT molecular complexity index is 1080. The Labute approximate surface area is 175 Å². The van der Waals surface area contributed by atoms with Gasteiger partial charge >= 0.3 is 0 Å². The zero-order chi connectivity index (χ0) is 22.6. The van der Waals surface area contributed by atoms with Gasteiger partial charge in [-0.3, -0.25) is 9.59 Å². The average molecular weight is 432 g/mol. The van der Waals surface area contributed by atoms with E-state index >= 15 is 0 Å². The fourth-order valence-electron chi connectivity index (χ4n) is 3.85. The summed E-state index contributed by atoms with van der Waals surface area (Å²) < 4.78 is 11.0. The third-order valence-electron chi connectivity index (χ3n) is 5.38. The highest BCUT2D eigenvalue weighted by molar-refractivity contribution is 6.30. The lowest BCUT2D eigenvalue weighted by atomic mass is 9.82. The van der Waals surface area contributed by atoms with Crippen LogP contribution in [-0.2, 0) is 4.74 Å². The Morgan fingerprint density at radius 2 is 1.58 bits per heavy atom. The molecule has 1 aliphatic heterocycles. The van der Waals surface area contributed by atoms with Crippen LogP contribution in [0.15, 0.2) is 24.3 Å². The predicted molar refractivity (Wildman–Crippen MR) is 102 cm³/mol. The highest BCUT2D eigenvalue weighted by Crippen LogP contribution is 2.40. The number of carbonyl (C=O) groups excluding carboxylic acids is 2. The molecule has 164 valence electrons. The van der Waals surface area contributed by atoms with E-state index in [1.165, 1.54) is 12.1 Å². The van der Waals surface area contributed by atoms with Gasteiger partial charge in [0.05, 0.1) is 17.7 Å². The minimum atomic E-state index is -1.72. The average Bonchev–Trinajstić information content (AvgIpc) is 2.71. The van der Waals surface area contributed by atoms with E-state index < -0.39 is 54.6 Å². The number of carbonyl (C=O) groups is 2. The van der Waals surface area contributed by atoms with Crippen LogP contribution in [0.4, 0.5) is 0 Å². The zero-order valence-corrected chi connectivity index (χ0v) is 16.2. The number of phenols is 2. The maximum Gasteiger partial charge on any atom is 0.229 e. The lowest BCUT2D eigenvalue weighted by molar-refractivity contribution is -0.277. The molecule has 0 radical (unpaired) electrons. The number of rotatable bonds is 3. The van der Waals surface area contributed by atoms with Crippen LogP contribution in [0.25, 0.3) is 0 Å². The van der Waals surface area contributed by atoms with Gasteiger partial charge in [0.1, 0.15) is 41.7 Å². The molecule has 2 aromatic carbocycles. The molecule has 31 heavy (non-hydrogen) atoms. The topological polar surface area (TPSA) is 174 Å². The fourth-order valence-corrected chi connectivity index (χ4v) is 3.85. The molecule has 5 atom stereocenters. The molecule has 4 rings (SSSR count). The van der Waals surface area contributed by atoms with Gasteiger partial charge in [-0.1, -0.05) is 0 Å². The summed E-state index contributed by atoms with van der Waals surface area (Å²) in [6, 6.07) is 4.87. The minimum Gasteiger partial charge on any atom is -0.508 e. The van der Waals surface area contributed by atoms with Crippen molar-refractivity contribution in [2.75, 3.05) is 6.61 Å². The molecule has 0 amide bonds. The van der Waals surface area contributed by atoms with Crippen LogP contribution in [-0.4, -0.2) is 79.5 Å². The quantitative estimate of drug-likeness (QED) is 0.312. The number of ether oxygens (including phenoxy) is 2. The molecule has 0 bridgehead atoms. The van der Waals surface area contributed by atoms with Crippen molar-refractivity contribution in [1.29, 1.82) is 0 Å². The Morgan fingerprint density at radius 1 is 0.903 bits per heavy atom. The Morgan fingerprint density at radius 3 is 2.26 bits per heavy atom. The van der Waals surface area contributed by atoms with Crippen LogP contribution >= 0.6 is 0 Å². The van der Waals surface area contributed by atoms with Gasteiger partial charge in [-0.2, -0.15) is 0 Å². The third-order valence-corrected chi connectivity index (χ3v) is 5.38. The van der Waals surface area contributed by atoms with Gasteiger partial charge in [0.25, 0.3) is 0 Å². The number of aliphatic hydroxyl groups excluding tert-OH is 4. The van der Waals surface area contributed by atoms with Crippen molar-refractivity contribution < 1.29 is 49.7 Å². The van der Waals surface area contributed by atoms with Crippen molar-refractivity contribution in [3.63, 3.8) is 0 Å². The first kappa shape index (κ1) is 21.2. The highest BCUT2D eigenvalue weighted by atomic mass is 16.7. The van der Waals surface area contributed by atoms with E-state index in [1.54, 1.807) is 6.92 Å². The molecule has 1 heterocycles. The smallest absolute Gasteiger partial charge is 0.229 e. The molecule has 2 aromatic rings. The summed E-state index contributed by atoms with van der Waals surface area (Å²) in [5, 5.41) is 59.4. The van der Waals surface area contributed by atoms with E-state index in [9.17, 15) is 40.2 Å². The second-order valence-corrected chi connectivity index (χ2v) is 7.55. The van der Waals surface area contributed by atoms with Crippen molar-refractivity contribution in [3.8, 4) is 17.2 Å². The summed E-state index contributed by atoms with van der Waals surface area (Å²) in [6.45, 7) is 0.965. The van der Waals surface area contributed by atoms with Crippen molar-refractivity contribution in [2.24, 2.45) is 0 Å². The number of benzene rings is 2. The molecule has 6 N–H and O–H groups in total. The number of phenolic OH excluding ortho intramolecular Hbond substituents is 2. The van der Waals surface area contributed by atoms with E-state index in [2.05, 4.69) is 0 Å². The lowest BCUT2D eigenvalue weighted by Crippen LogP contribution is -2.60. The number of hydrogen-bond acceptors (Lipinski definition) is 10. The number of fused-ring (bicyclic) bond motifs is 2. The first-order valence-corrected chi connectivity index (χ1v) is 9.41. The monoisotopic (exact) mass is 432 g/mol. The van der Waals surface area contributed by atoms with Gasteiger partial charge in [0.2, 0.25) is 12.1 Å². The van der Waals surface area contributed by atoms with E-state index in [1.807, 2.05) is 0 Å². The second kappa shape index (κ2) is 7.59. The molecular weight excluding hydrogens is 412 g/mol. The first-order valence-electron chi connectivity index (χ1n) is 9.41. The summed E-state index contributed by atoms with van der Waals surface area (Å²) in [5.74, 6) is -2.50. The fraction of sp³-hybridized carbons (Fsp3) is 0.333. The molecule has 10 nitrogen and oxygen atoms in total. The molecule has 10 heteroatoms. The number of aliphatic hydroxyl groups is 4. The summed E-state index contributed by atoms with van der Waals surface area (Å²) >= 11 is 0. The Balaban J connectivity index is 1.79. The van der Waals surface area contributed by atoms with Gasteiger partial charge < -0.3 is 40.1 Å². The standard InChI is InChI=1S/C21H20O10/c1-7-2-9-15(18(27)14-10(16(9)25)4-8(23)5-11(14)24)12(3-7)30-21-20(29)19(28)17(26)13(6-22)31-21/h2-5,13,17,19-24,26,28-29H,6H2,1H3. The minimum absolute atomic E-state index is 0.0397. The predicted octanol–water partition coefficient (Wildman–Crippen LogP) is -0.640. The van der Waals surface area contributed by atoms with Crippen molar-refractivity contribution in [2.45, 2.75) is 37.6 Å². The van der Waals surface area contributed by atoms with Crippen LogP contribution in [0.1, 0.15) is 37.4 Å². The number of ketones is 2. The summed E-state index contributed by atoms with van der Waals surface area (Å²) in [5.41, 5.74) is -0.187. The van der Waals surface area contributed by atoms with Crippen LogP contribution in [0.5, 0.6) is 17.2 Å².